The number of sulfonamides is 1. The first kappa shape index (κ1) is 30.6. The van der Waals surface area contributed by atoms with E-state index >= 15 is 0 Å². The largest absolute Gasteiger partial charge is 0.496 e. The molecule has 45 heavy (non-hydrogen) atoms. The molecule has 1 fully saturated rings. The van der Waals surface area contributed by atoms with Gasteiger partial charge in [0.25, 0.3) is 0 Å². The van der Waals surface area contributed by atoms with Crippen LogP contribution in [-0.4, -0.2) is 41.4 Å². The number of aryl methyl sites for hydroxylation is 1. The molecule has 3 N–H and O–H groups in total. The SMILES string of the molecule is CCc1cccc(-c2ccc(OC)c(-c3nn(-c4nc(C(=O)O)cs4)c(CC4CC4)c3Cc3ccc(S(N)(=O)=O)c(F)c3)c2)c1. The molecule has 9 nitrogen and oxygen atoms in total. The Kier molecular flexibility index (Phi) is 8.29. The van der Waals surface area contributed by atoms with Crippen LogP contribution in [0, 0.1) is 11.7 Å². The van der Waals surface area contributed by atoms with Gasteiger partial charge in [-0.2, -0.15) is 5.10 Å². The van der Waals surface area contributed by atoms with Crippen LogP contribution in [0.15, 0.2) is 70.9 Å². The van der Waals surface area contributed by atoms with Crippen LogP contribution in [0.3, 0.4) is 0 Å². The lowest BCUT2D eigenvalue weighted by Crippen LogP contribution is -2.14. The van der Waals surface area contributed by atoms with Crippen LogP contribution in [0.2, 0.25) is 0 Å². The van der Waals surface area contributed by atoms with Crippen molar-refractivity contribution < 1.29 is 27.4 Å². The normalized spacial score (nSPS) is 13.2. The minimum absolute atomic E-state index is 0.0815. The number of nitrogens with zero attached hydrogens (tertiary/aromatic N) is 3. The average Bonchev–Trinajstić information content (AvgIpc) is 3.58. The molecule has 2 aromatic heterocycles. The number of carboxylic acids is 1. The number of nitrogens with two attached hydrogens (primary N) is 1. The van der Waals surface area contributed by atoms with Crippen LogP contribution in [-0.2, 0) is 29.3 Å². The molecule has 0 radical (unpaired) electrons. The number of rotatable bonds is 11. The average molecular weight is 647 g/mol. The minimum Gasteiger partial charge on any atom is -0.496 e. The molecule has 1 saturated carbocycles. The first-order valence-electron chi connectivity index (χ1n) is 14.4. The highest BCUT2D eigenvalue weighted by Crippen LogP contribution is 2.41. The van der Waals surface area contributed by atoms with Crippen molar-refractivity contribution in [3.8, 4) is 33.3 Å². The smallest absolute Gasteiger partial charge is 0.355 e. The van der Waals surface area contributed by atoms with Crippen LogP contribution in [0.5, 0.6) is 5.75 Å². The Morgan fingerprint density at radius 2 is 1.89 bits per heavy atom. The minimum atomic E-state index is -4.23. The van der Waals surface area contributed by atoms with Gasteiger partial charge in [0, 0.05) is 22.9 Å². The summed E-state index contributed by atoms with van der Waals surface area (Å²) in [5.74, 6) is -1.08. The van der Waals surface area contributed by atoms with Gasteiger partial charge < -0.3 is 9.84 Å². The summed E-state index contributed by atoms with van der Waals surface area (Å²) in [6.07, 6.45) is 3.85. The Hall–Kier alpha value is -4.39. The monoisotopic (exact) mass is 646 g/mol. The topological polar surface area (TPSA) is 137 Å². The molecule has 2 heterocycles. The number of ether oxygens (including phenoxy) is 1. The van der Waals surface area contributed by atoms with E-state index in [1.807, 2.05) is 30.3 Å². The maximum absolute atomic E-state index is 15.0. The van der Waals surface area contributed by atoms with Gasteiger partial charge >= 0.3 is 5.97 Å². The number of thiazole rings is 1. The first-order chi connectivity index (χ1) is 21.5. The summed E-state index contributed by atoms with van der Waals surface area (Å²) in [4.78, 5) is 15.5. The standard InChI is InChI=1S/C33H31FN4O5S2/c1-3-19-5-4-6-22(13-19)23-10-11-29(43-2)25(17-23)31-24(14-21-9-12-30(26(34)15-21)45(35,41)42)28(16-20-7-8-20)38(37-31)33-36-27(18-44-33)32(39)40/h4-6,9-13,15,17-18,20H,3,7-8,14,16H2,1-2H3,(H,39,40)(H2,35,41,42). The molecule has 6 rings (SSSR count). The maximum Gasteiger partial charge on any atom is 0.355 e. The van der Waals surface area contributed by atoms with Gasteiger partial charge in [0.2, 0.25) is 15.2 Å². The molecule has 0 atom stereocenters. The Morgan fingerprint density at radius 3 is 2.53 bits per heavy atom. The molecule has 0 spiro atoms. The van der Waals surface area contributed by atoms with Crippen molar-refractivity contribution in [3.63, 3.8) is 0 Å². The molecule has 0 unspecified atom stereocenters. The zero-order valence-corrected chi connectivity index (χ0v) is 26.3. The fourth-order valence-electron chi connectivity index (χ4n) is 5.44. The number of aromatic nitrogens is 3. The number of halogens is 1. The molecular formula is C33H31FN4O5S2. The summed E-state index contributed by atoms with van der Waals surface area (Å²) >= 11 is 1.17. The number of carboxylic acid groups (broad SMARTS) is 1. The highest BCUT2D eigenvalue weighted by atomic mass is 32.2. The summed E-state index contributed by atoms with van der Waals surface area (Å²) < 4.78 is 46.3. The second-order valence-corrected chi connectivity index (χ2v) is 13.5. The lowest BCUT2D eigenvalue weighted by atomic mass is 9.94. The van der Waals surface area contributed by atoms with E-state index in [1.54, 1.807) is 17.9 Å². The predicted molar refractivity (Wildman–Crippen MR) is 170 cm³/mol. The Balaban J connectivity index is 1.57. The van der Waals surface area contributed by atoms with Gasteiger partial charge in [-0.25, -0.2) is 32.4 Å². The van der Waals surface area contributed by atoms with Crippen LogP contribution >= 0.6 is 11.3 Å². The number of carbonyl (C=O) groups is 1. The number of hydrogen-bond donors (Lipinski definition) is 2. The van der Waals surface area contributed by atoms with Gasteiger partial charge in [-0.05, 0) is 78.1 Å². The second kappa shape index (κ2) is 12.2. The molecule has 0 amide bonds. The van der Waals surface area contributed by atoms with Gasteiger partial charge in [-0.1, -0.05) is 43.3 Å². The fourth-order valence-corrected chi connectivity index (χ4v) is 6.80. The zero-order chi connectivity index (χ0) is 31.9. The fraction of sp³-hybridized carbons (Fsp3) is 0.242. The number of methoxy groups -OCH3 is 1. The molecule has 0 saturated heterocycles. The lowest BCUT2D eigenvalue weighted by molar-refractivity contribution is 0.0691. The molecule has 232 valence electrons. The van der Waals surface area contributed by atoms with Crippen molar-refractivity contribution >= 4 is 27.3 Å². The van der Waals surface area contributed by atoms with E-state index in [4.69, 9.17) is 15.0 Å². The molecular weight excluding hydrogens is 616 g/mol. The van der Waals surface area contributed by atoms with E-state index in [2.05, 4.69) is 24.0 Å². The Labute approximate surface area is 264 Å². The van der Waals surface area contributed by atoms with E-state index in [-0.39, 0.29) is 12.1 Å². The number of primary sulfonamides is 1. The second-order valence-electron chi connectivity index (χ2n) is 11.1. The Morgan fingerprint density at radius 1 is 1.11 bits per heavy atom. The van der Waals surface area contributed by atoms with Crippen molar-refractivity contribution in [3.05, 3.63) is 99.9 Å². The van der Waals surface area contributed by atoms with Crippen LogP contribution < -0.4 is 9.88 Å². The molecule has 1 aliphatic rings. The lowest BCUT2D eigenvalue weighted by Gasteiger charge is -2.13. The first-order valence-corrected chi connectivity index (χ1v) is 16.9. The molecule has 12 heteroatoms. The molecule has 5 aromatic rings. The van der Waals surface area contributed by atoms with E-state index in [9.17, 15) is 22.7 Å². The van der Waals surface area contributed by atoms with Crippen molar-refractivity contribution in [1.82, 2.24) is 14.8 Å². The van der Waals surface area contributed by atoms with Crippen LogP contribution in [0.25, 0.3) is 27.5 Å². The Bertz CT molecular complexity index is 2030. The van der Waals surface area contributed by atoms with Gasteiger partial charge in [-0.15, -0.1) is 11.3 Å². The molecule has 0 bridgehead atoms. The van der Waals surface area contributed by atoms with E-state index in [0.29, 0.717) is 40.0 Å². The van der Waals surface area contributed by atoms with Gasteiger partial charge in [0.05, 0.1) is 12.8 Å². The summed E-state index contributed by atoms with van der Waals surface area (Å²) in [5, 5.41) is 21.7. The van der Waals surface area contributed by atoms with Gasteiger partial charge in [-0.3, -0.25) is 0 Å². The van der Waals surface area contributed by atoms with Crippen LogP contribution in [0.4, 0.5) is 4.39 Å². The zero-order valence-electron chi connectivity index (χ0n) is 24.7. The third-order valence-corrected chi connectivity index (χ3v) is 9.73. The number of benzene rings is 3. The van der Waals surface area contributed by atoms with Crippen molar-refractivity contribution in [2.24, 2.45) is 11.1 Å². The summed E-state index contributed by atoms with van der Waals surface area (Å²) in [6, 6.07) is 18.1. The molecule has 1 aliphatic carbocycles. The highest BCUT2D eigenvalue weighted by molar-refractivity contribution is 7.89. The molecule has 0 aliphatic heterocycles. The third-order valence-electron chi connectivity index (χ3n) is 7.97. The highest BCUT2D eigenvalue weighted by Gasteiger charge is 2.30. The summed E-state index contributed by atoms with van der Waals surface area (Å²) in [5.41, 5.74) is 6.53. The van der Waals surface area contributed by atoms with E-state index < -0.39 is 26.7 Å². The van der Waals surface area contributed by atoms with E-state index in [0.717, 1.165) is 41.6 Å². The van der Waals surface area contributed by atoms with Gasteiger partial charge in [0.1, 0.15) is 22.2 Å². The molecule has 3 aromatic carbocycles. The van der Waals surface area contributed by atoms with Gasteiger partial charge in [0.15, 0.2) is 5.69 Å². The van der Waals surface area contributed by atoms with Crippen molar-refractivity contribution in [1.29, 1.82) is 0 Å². The summed E-state index contributed by atoms with van der Waals surface area (Å²) in [7, 11) is -2.65. The van der Waals surface area contributed by atoms with Crippen molar-refractivity contribution in [2.75, 3.05) is 7.11 Å². The summed E-state index contributed by atoms with van der Waals surface area (Å²) in [6.45, 7) is 2.10. The number of aromatic carboxylic acids is 1. The van der Waals surface area contributed by atoms with E-state index in [1.165, 1.54) is 34.4 Å². The number of hydrogen-bond acceptors (Lipinski definition) is 7. The predicted octanol–water partition coefficient (Wildman–Crippen LogP) is 6.26. The maximum atomic E-state index is 15.0. The third kappa shape index (κ3) is 6.39. The quantitative estimate of drug-likeness (QED) is 0.173. The van der Waals surface area contributed by atoms with Crippen LogP contribution in [0.1, 0.15) is 52.6 Å². The van der Waals surface area contributed by atoms with Crippen molar-refractivity contribution in [2.45, 2.75) is 43.9 Å².